The predicted molar refractivity (Wildman–Crippen MR) is 128 cm³/mol. The van der Waals surface area contributed by atoms with Gasteiger partial charge in [-0.25, -0.2) is 5.43 Å². The minimum absolute atomic E-state index is 0.289. The van der Waals surface area contributed by atoms with E-state index in [1.165, 1.54) is 6.21 Å². The zero-order chi connectivity index (χ0) is 22.4. The van der Waals surface area contributed by atoms with Gasteiger partial charge in [0.25, 0.3) is 5.91 Å². The summed E-state index contributed by atoms with van der Waals surface area (Å²) in [5.41, 5.74) is 5.38. The van der Waals surface area contributed by atoms with Crippen LogP contribution < -0.4 is 14.9 Å². The molecule has 0 radical (unpaired) electrons. The first kappa shape index (κ1) is 23.1. The van der Waals surface area contributed by atoms with Gasteiger partial charge in [-0.1, -0.05) is 47.5 Å². The van der Waals surface area contributed by atoms with E-state index in [0.717, 1.165) is 11.1 Å². The summed E-state index contributed by atoms with van der Waals surface area (Å²) in [6, 6.07) is 16.1. The van der Waals surface area contributed by atoms with Crippen molar-refractivity contribution in [3.63, 3.8) is 0 Å². The number of carbonyl (C=O) groups is 1. The Bertz CT molecular complexity index is 1140. The third-order valence-corrected chi connectivity index (χ3v) is 5.76. The van der Waals surface area contributed by atoms with Crippen molar-refractivity contribution in [3.8, 4) is 11.5 Å². The van der Waals surface area contributed by atoms with E-state index in [0.29, 0.717) is 37.1 Å². The van der Waals surface area contributed by atoms with E-state index in [9.17, 15) is 4.79 Å². The Labute approximate surface area is 199 Å². The van der Waals surface area contributed by atoms with Crippen molar-refractivity contribution in [2.45, 2.75) is 13.5 Å². The number of hydrogen-bond donors (Lipinski definition) is 1. The first-order chi connectivity index (χ1) is 14.9. The molecule has 0 unspecified atom stereocenters. The molecule has 0 atom stereocenters. The summed E-state index contributed by atoms with van der Waals surface area (Å²) >= 11 is 15.8. The second-order valence-corrected chi connectivity index (χ2v) is 8.25. The Kier molecular flexibility index (Phi) is 7.96. The van der Waals surface area contributed by atoms with Crippen LogP contribution in [-0.2, 0) is 6.61 Å². The van der Waals surface area contributed by atoms with Crippen molar-refractivity contribution in [2.75, 3.05) is 7.11 Å². The van der Waals surface area contributed by atoms with Gasteiger partial charge < -0.3 is 9.47 Å². The molecular formula is C23H19BrCl2N2O3. The van der Waals surface area contributed by atoms with E-state index in [2.05, 4.69) is 26.5 Å². The maximum Gasteiger partial charge on any atom is 0.271 e. The lowest BCUT2D eigenvalue weighted by atomic mass is 10.1. The largest absolute Gasteiger partial charge is 0.493 e. The number of hydrogen-bond acceptors (Lipinski definition) is 4. The fraction of sp³-hybridized carbons (Fsp3) is 0.130. The van der Waals surface area contributed by atoms with Crippen LogP contribution in [0.1, 0.15) is 27.0 Å². The van der Waals surface area contributed by atoms with E-state index in [-0.39, 0.29) is 12.5 Å². The first-order valence-electron chi connectivity index (χ1n) is 9.22. The van der Waals surface area contributed by atoms with Crippen molar-refractivity contribution in [3.05, 3.63) is 91.4 Å². The molecule has 0 bridgehead atoms. The Balaban J connectivity index is 1.70. The summed E-state index contributed by atoms with van der Waals surface area (Å²) in [5, 5.41) is 5.18. The fourth-order valence-electron chi connectivity index (χ4n) is 2.68. The van der Waals surface area contributed by atoms with E-state index >= 15 is 0 Å². The van der Waals surface area contributed by atoms with Crippen LogP contribution in [0, 0.1) is 6.92 Å². The molecule has 0 saturated heterocycles. The van der Waals surface area contributed by atoms with Crippen LogP contribution >= 0.6 is 39.1 Å². The molecule has 0 spiro atoms. The van der Waals surface area contributed by atoms with E-state index in [1.807, 2.05) is 37.3 Å². The van der Waals surface area contributed by atoms with Crippen molar-refractivity contribution in [1.82, 2.24) is 5.43 Å². The average Bonchev–Trinajstić information content (AvgIpc) is 2.75. The van der Waals surface area contributed by atoms with Crippen molar-refractivity contribution < 1.29 is 14.3 Å². The van der Waals surface area contributed by atoms with Gasteiger partial charge in [-0.15, -0.1) is 0 Å². The number of methoxy groups -OCH3 is 1. The van der Waals surface area contributed by atoms with Crippen molar-refractivity contribution in [2.24, 2.45) is 5.10 Å². The van der Waals surface area contributed by atoms with E-state index in [1.54, 1.807) is 31.4 Å². The quantitative estimate of drug-likeness (QED) is 0.288. The van der Waals surface area contributed by atoms with Crippen molar-refractivity contribution >= 4 is 51.3 Å². The number of rotatable bonds is 7. The van der Waals surface area contributed by atoms with Gasteiger partial charge in [0, 0.05) is 21.2 Å². The molecule has 0 aliphatic heterocycles. The van der Waals surface area contributed by atoms with Crippen LogP contribution in [0.4, 0.5) is 0 Å². The number of carbonyl (C=O) groups excluding carboxylic acids is 1. The minimum atomic E-state index is -0.358. The molecule has 0 saturated carbocycles. The van der Waals surface area contributed by atoms with Gasteiger partial charge in [0.1, 0.15) is 6.61 Å². The SMILES string of the molecule is COc1cc(/C=N\NC(=O)c2ccc(C)c(Cl)c2)cc(Br)c1OCc1ccccc1Cl. The summed E-state index contributed by atoms with van der Waals surface area (Å²) < 4.78 is 12.1. The summed E-state index contributed by atoms with van der Waals surface area (Å²) in [6.45, 7) is 2.16. The monoisotopic (exact) mass is 520 g/mol. The number of halogens is 3. The predicted octanol–water partition coefficient (Wildman–Crippen LogP) is 6.42. The van der Waals surface area contributed by atoms with Crippen LogP contribution in [0.25, 0.3) is 0 Å². The lowest BCUT2D eigenvalue weighted by molar-refractivity contribution is 0.0955. The van der Waals surface area contributed by atoms with Crippen LogP contribution in [-0.4, -0.2) is 19.2 Å². The lowest BCUT2D eigenvalue weighted by Gasteiger charge is -2.14. The number of amides is 1. The molecule has 3 aromatic rings. The molecule has 0 aliphatic rings. The highest BCUT2D eigenvalue weighted by Gasteiger charge is 2.13. The molecule has 160 valence electrons. The van der Waals surface area contributed by atoms with Gasteiger partial charge in [0.05, 0.1) is 17.8 Å². The maximum atomic E-state index is 12.2. The third kappa shape index (κ3) is 6.00. The minimum Gasteiger partial charge on any atom is -0.493 e. The molecule has 5 nitrogen and oxygen atoms in total. The molecule has 0 fully saturated rings. The van der Waals surface area contributed by atoms with E-state index < -0.39 is 0 Å². The zero-order valence-corrected chi connectivity index (χ0v) is 19.9. The molecule has 31 heavy (non-hydrogen) atoms. The van der Waals surface area contributed by atoms with Crippen LogP contribution in [0.5, 0.6) is 11.5 Å². The molecule has 1 amide bonds. The van der Waals surface area contributed by atoms with E-state index in [4.69, 9.17) is 32.7 Å². The zero-order valence-electron chi connectivity index (χ0n) is 16.8. The Morgan fingerprint density at radius 1 is 1.13 bits per heavy atom. The van der Waals surface area contributed by atoms with Gasteiger partial charge in [0.15, 0.2) is 11.5 Å². The summed E-state index contributed by atoms with van der Waals surface area (Å²) in [7, 11) is 1.55. The maximum absolute atomic E-state index is 12.2. The summed E-state index contributed by atoms with van der Waals surface area (Å²) in [5.74, 6) is 0.696. The third-order valence-electron chi connectivity index (χ3n) is 4.40. The Morgan fingerprint density at radius 2 is 1.90 bits per heavy atom. The number of hydrazone groups is 1. The molecule has 8 heteroatoms. The standard InChI is InChI=1S/C23H19BrCl2N2O3/c1-14-7-8-16(11-20(14)26)23(29)28-27-12-15-9-18(24)22(21(10-15)30-2)31-13-17-5-3-4-6-19(17)25/h3-12H,13H2,1-2H3,(H,28,29)/b27-12-. The molecular weight excluding hydrogens is 503 g/mol. The average molecular weight is 522 g/mol. The Hall–Kier alpha value is -2.54. The van der Waals surface area contributed by atoms with Gasteiger partial charge in [-0.2, -0.15) is 5.10 Å². The summed E-state index contributed by atoms with van der Waals surface area (Å²) in [4.78, 5) is 12.2. The van der Waals surface area contributed by atoms with Gasteiger partial charge in [-0.05, 0) is 64.3 Å². The fourth-order valence-corrected chi connectivity index (χ4v) is 3.63. The van der Waals surface area contributed by atoms with Crippen molar-refractivity contribution in [1.29, 1.82) is 0 Å². The molecule has 0 heterocycles. The highest BCUT2D eigenvalue weighted by Crippen LogP contribution is 2.37. The van der Waals surface area contributed by atoms with Gasteiger partial charge >= 0.3 is 0 Å². The second kappa shape index (κ2) is 10.7. The molecule has 3 rings (SSSR count). The number of benzene rings is 3. The molecule has 0 aromatic heterocycles. The topological polar surface area (TPSA) is 59.9 Å². The molecule has 1 N–H and O–H groups in total. The van der Waals surface area contributed by atoms with Gasteiger partial charge in [0.2, 0.25) is 0 Å². The number of aryl methyl sites for hydroxylation is 1. The lowest BCUT2D eigenvalue weighted by Crippen LogP contribution is -2.17. The first-order valence-corrected chi connectivity index (χ1v) is 10.8. The molecule has 3 aromatic carbocycles. The van der Waals surface area contributed by atoms with Crippen LogP contribution in [0.15, 0.2) is 64.2 Å². The second-order valence-electron chi connectivity index (χ2n) is 6.58. The number of ether oxygens (including phenoxy) is 2. The normalized spacial score (nSPS) is 10.9. The Morgan fingerprint density at radius 3 is 2.61 bits per heavy atom. The summed E-state index contributed by atoms with van der Waals surface area (Å²) in [6.07, 6.45) is 1.51. The highest BCUT2D eigenvalue weighted by molar-refractivity contribution is 9.10. The number of nitrogens with one attached hydrogen (secondary N) is 1. The van der Waals surface area contributed by atoms with Gasteiger partial charge in [-0.3, -0.25) is 4.79 Å². The highest BCUT2D eigenvalue weighted by atomic mass is 79.9. The van der Waals surface area contributed by atoms with Crippen LogP contribution in [0.3, 0.4) is 0 Å². The number of nitrogens with zero attached hydrogens (tertiary/aromatic N) is 1. The smallest absolute Gasteiger partial charge is 0.271 e. The molecule has 0 aliphatic carbocycles. The van der Waals surface area contributed by atoms with Crippen LogP contribution in [0.2, 0.25) is 10.0 Å².